The van der Waals surface area contributed by atoms with Crippen molar-refractivity contribution < 1.29 is 19.7 Å². The quantitative estimate of drug-likeness (QED) is 0.336. The van der Waals surface area contributed by atoms with Gasteiger partial charge in [-0.2, -0.15) is 0 Å². The zero-order valence-corrected chi connectivity index (χ0v) is 23.1. The van der Waals surface area contributed by atoms with Crippen LogP contribution >= 0.6 is 11.6 Å². The molecule has 3 aromatic rings. The van der Waals surface area contributed by atoms with Crippen molar-refractivity contribution in [2.75, 3.05) is 31.1 Å². The van der Waals surface area contributed by atoms with Crippen LogP contribution in [0.2, 0.25) is 5.02 Å². The number of nitrogens with one attached hydrogen (secondary N) is 1. The molecule has 1 aliphatic heterocycles. The molecule has 3 aromatic carbocycles. The van der Waals surface area contributed by atoms with E-state index in [1.165, 1.54) is 0 Å². The lowest BCUT2D eigenvalue weighted by molar-refractivity contribution is 0.0903. The van der Waals surface area contributed by atoms with E-state index in [1.807, 2.05) is 19.1 Å². The van der Waals surface area contributed by atoms with Gasteiger partial charge < -0.3 is 25.2 Å². The molecular formula is C30H36ClN3O4. The van der Waals surface area contributed by atoms with Gasteiger partial charge in [0.25, 0.3) is 5.91 Å². The van der Waals surface area contributed by atoms with Crippen molar-refractivity contribution in [3.05, 3.63) is 76.8 Å². The molecule has 0 saturated carbocycles. The molecule has 4 rings (SSSR count). The standard InChI is InChI=1S/C30H36ClN3O4/c1-19(2)26(18-33-12-13-34(21(4)17-33)23-6-5-7-24(35)16-23)32-30(37)22-9-11-28(25(31)15-22)38-29-14-20(3)8-10-27(29)36/h5-11,14-16,19,21,26,35-36H,12-13,17-18H2,1-4H3,(H,32,37)/t21-,26+/m0/s1. The number of carbonyl (C=O) groups excluding carboxylic acids is 1. The first kappa shape index (κ1) is 27.6. The SMILES string of the molecule is Cc1ccc(O)c(Oc2ccc(C(=O)N[C@H](CN3CCN(c4cccc(O)c4)[C@@H](C)C3)C(C)C)cc2Cl)c1. The Hall–Kier alpha value is -3.42. The summed E-state index contributed by atoms with van der Waals surface area (Å²) in [6, 6.07) is 17.6. The van der Waals surface area contributed by atoms with Gasteiger partial charge in [0.1, 0.15) is 11.5 Å². The maximum absolute atomic E-state index is 13.2. The zero-order chi connectivity index (χ0) is 27.4. The molecule has 1 heterocycles. The molecule has 3 N–H and O–H groups in total. The van der Waals surface area contributed by atoms with Crippen molar-refractivity contribution in [1.82, 2.24) is 10.2 Å². The molecule has 1 fully saturated rings. The predicted molar refractivity (Wildman–Crippen MR) is 152 cm³/mol. The Bertz CT molecular complexity index is 1280. The van der Waals surface area contributed by atoms with E-state index in [0.29, 0.717) is 17.1 Å². The van der Waals surface area contributed by atoms with Crippen molar-refractivity contribution in [2.24, 2.45) is 5.92 Å². The number of phenols is 2. The van der Waals surface area contributed by atoms with Crippen molar-refractivity contribution in [3.63, 3.8) is 0 Å². The van der Waals surface area contributed by atoms with Crippen molar-refractivity contribution in [1.29, 1.82) is 0 Å². The van der Waals surface area contributed by atoms with Gasteiger partial charge in [-0.05, 0) is 67.8 Å². The molecule has 8 heteroatoms. The molecule has 1 saturated heterocycles. The number of hydrogen-bond acceptors (Lipinski definition) is 6. The first-order chi connectivity index (χ1) is 18.1. The van der Waals surface area contributed by atoms with Crippen LogP contribution in [-0.4, -0.2) is 59.3 Å². The molecule has 0 bridgehead atoms. The highest BCUT2D eigenvalue weighted by atomic mass is 35.5. The van der Waals surface area contributed by atoms with Crippen LogP contribution in [0.25, 0.3) is 0 Å². The number of nitrogens with zero attached hydrogens (tertiary/aromatic N) is 2. The Kier molecular flexibility index (Phi) is 8.69. The largest absolute Gasteiger partial charge is 0.508 e. The number of aryl methyl sites for hydroxylation is 1. The number of hydrogen-bond donors (Lipinski definition) is 3. The van der Waals surface area contributed by atoms with E-state index >= 15 is 0 Å². The monoisotopic (exact) mass is 537 g/mol. The van der Waals surface area contributed by atoms with Gasteiger partial charge in [-0.1, -0.05) is 37.6 Å². The van der Waals surface area contributed by atoms with E-state index in [1.54, 1.807) is 48.5 Å². The minimum Gasteiger partial charge on any atom is -0.508 e. The van der Waals surface area contributed by atoms with Gasteiger partial charge in [-0.15, -0.1) is 0 Å². The van der Waals surface area contributed by atoms with Crippen LogP contribution in [0.4, 0.5) is 5.69 Å². The van der Waals surface area contributed by atoms with E-state index in [-0.39, 0.29) is 40.4 Å². The molecule has 1 aliphatic rings. The fourth-order valence-corrected chi connectivity index (χ4v) is 4.97. The average molecular weight is 538 g/mol. The minimum absolute atomic E-state index is 0.0188. The van der Waals surface area contributed by atoms with E-state index in [2.05, 4.69) is 35.9 Å². The highest BCUT2D eigenvalue weighted by molar-refractivity contribution is 6.32. The van der Waals surface area contributed by atoms with Gasteiger partial charge in [-0.3, -0.25) is 9.69 Å². The number of carbonyl (C=O) groups is 1. The number of amides is 1. The summed E-state index contributed by atoms with van der Waals surface area (Å²) in [7, 11) is 0. The average Bonchev–Trinajstić information content (AvgIpc) is 2.87. The van der Waals surface area contributed by atoms with Gasteiger partial charge in [0, 0.05) is 55.6 Å². The maximum Gasteiger partial charge on any atom is 0.251 e. The number of anilines is 1. The molecule has 7 nitrogen and oxygen atoms in total. The van der Waals surface area contributed by atoms with Crippen LogP contribution in [0.15, 0.2) is 60.7 Å². The topological polar surface area (TPSA) is 85.3 Å². The van der Waals surface area contributed by atoms with E-state index in [9.17, 15) is 15.0 Å². The number of halogens is 1. The summed E-state index contributed by atoms with van der Waals surface area (Å²) in [6.45, 7) is 11.6. The lowest BCUT2D eigenvalue weighted by Gasteiger charge is -2.42. The van der Waals surface area contributed by atoms with Crippen molar-refractivity contribution in [3.8, 4) is 23.0 Å². The lowest BCUT2D eigenvalue weighted by Crippen LogP contribution is -2.56. The third-order valence-corrected chi connectivity index (χ3v) is 7.27. The van der Waals surface area contributed by atoms with Crippen LogP contribution in [0.1, 0.15) is 36.7 Å². The molecule has 0 spiro atoms. The van der Waals surface area contributed by atoms with Crippen LogP contribution in [0, 0.1) is 12.8 Å². The normalized spacial score (nSPS) is 16.9. The summed E-state index contributed by atoms with van der Waals surface area (Å²) in [5.74, 6) is 1.01. The molecule has 1 amide bonds. The maximum atomic E-state index is 13.2. The number of benzene rings is 3. The smallest absolute Gasteiger partial charge is 0.251 e. The molecule has 38 heavy (non-hydrogen) atoms. The first-order valence-electron chi connectivity index (χ1n) is 13.0. The number of ether oxygens (including phenoxy) is 1. The molecule has 0 radical (unpaired) electrons. The number of aromatic hydroxyl groups is 2. The van der Waals surface area contributed by atoms with Crippen LogP contribution < -0.4 is 15.0 Å². The Morgan fingerprint density at radius 3 is 2.55 bits per heavy atom. The van der Waals surface area contributed by atoms with E-state index in [0.717, 1.165) is 37.4 Å². The highest BCUT2D eigenvalue weighted by Gasteiger charge is 2.28. The molecule has 0 aromatic heterocycles. The third kappa shape index (κ3) is 6.71. The molecule has 0 unspecified atom stereocenters. The summed E-state index contributed by atoms with van der Waals surface area (Å²) >= 11 is 6.45. The van der Waals surface area contributed by atoms with Gasteiger partial charge >= 0.3 is 0 Å². The number of piperazine rings is 1. The molecule has 0 aliphatic carbocycles. The first-order valence-corrected chi connectivity index (χ1v) is 13.3. The van der Waals surface area contributed by atoms with Gasteiger partial charge in [-0.25, -0.2) is 0 Å². The summed E-state index contributed by atoms with van der Waals surface area (Å²) < 4.78 is 5.79. The van der Waals surface area contributed by atoms with Gasteiger partial charge in [0.05, 0.1) is 5.02 Å². The Morgan fingerprint density at radius 1 is 1.08 bits per heavy atom. The Balaban J connectivity index is 1.38. The Labute approximate surface area is 229 Å². The second-order valence-electron chi connectivity index (χ2n) is 10.4. The highest BCUT2D eigenvalue weighted by Crippen LogP contribution is 2.35. The lowest BCUT2D eigenvalue weighted by atomic mass is 10.0. The van der Waals surface area contributed by atoms with Gasteiger partial charge in [0.2, 0.25) is 0 Å². The second-order valence-corrected chi connectivity index (χ2v) is 10.8. The van der Waals surface area contributed by atoms with Crippen molar-refractivity contribution >= 4 is 23.2 Å². The molecular weight excluding hydrogens is 502 g/mol. The van der Waals surface area contributed by atoms with Crippen LogP contribution in [0.5, 0.6) is 23.0 Å². The molecule has 2 atom stereocenters. The zero-order valence-electron chi connectivity index (χ0n) is 22.3. The summed E-state index contributed by atoms with van der Waals surface area (Å²) in [5, 5.41) is 23.4. The fourth-order valence-electron chi connectivity index (χ4n) is 4.75. The van der Waals surface area contributed by atoms with E-state index < -0.39 is 0 Å². The van der Waals surface area contributed by atoms with Gasteiger partial charge in [0.15, 0.2) is 11.5 Å². The molecule has 202 valence electrons. The summed E-state index contributed by atoms with van der Waals surface area (Å²) in [4.78, 5) is 17.8. The predicted octanol–water partition coefficient (Wildman–Crippen LogP) is 5.82. The Morgan fingerprint density at radius 2 is 1.87 bits per heavy atom. The van der Waals surface area contributed by atoms with Crippen LogP contribution in [-0.2, 0) is 0 Å². The number of rotatable bonds is 8. The van der Waals surface area contributed by atoms with Crippen molar-refractivity contribution in [2.45, 2.75) is 39.8 Å². The minimum atomic E-state index is -0.193. The van der Waals surface area contributed by atoms with E-state index in [4.69, 9.17) is 16.3 Å². The second kappa shape index (κ2) is 12.0. The summed E-state index contributed by atoms with van der Waals surface area (Å²) in [5.41, 5.74) is 2.41. The third-order valence-electron chi connectivity index (χ3n) is 6.98. The summed E-state index contributed by atoms with van der Waals surface area (Å²) in [6.07, 6.45) is 0. The fraction of sp³-hybridized carbons (Fsp3) is 0.367. The van der Waals surface area contributed by atoms with Crippen LogP contribution in [0.3, 0.4) is 0 Å². The number of phenolic OH excluding ortho intramolecular Hbond substituents is 2.